The molecule has 0 saturated carbocycles. The van der Waals surface area contributed by atoms with Gasteiger partial charge in [0.25, 0.3) is 0 Å². The first-order valence-electron chi connectivity index (χ1n) is 8.57. The van der Waals surface area contributed by atoms with Gasteiger partial charge in [-0.15, -0.1) is 0 Å². The number of ether oxygens (including phenoxy) is 2. The highest BCUT2D eigenvalue weighted by Crippen LogP contribution is 2.35. The Bertz CT molecular complexity index is 506. The normalized spacial score (nSPS) is 24.5. The number of hydrogen-bond donors (Lipinski definition) is 2. The van der Waals surface area contributed by atoms with Gasteiger partial charge >= 0.3 is 0 Å². The van der Waals surface area contributed by atoms with E-state index in [1.165, 1.54) is 5.56 Å². The molecule has 0 aliphatic carbocycles. The molecule has 1 aromatic carbocycles. The predicted octanol–water partition coefficient (Wildman–Crippen LogP) is 1.82. The highest BCUT2D eigenvalue weighted by Gasteiger charge is 2.34. The molecule has 23 heavy (non-hydrogen) atoms. The van der Waals surface area contributed by atoms with Crippen LogP contribution in [-0.4, -0.2) is 45.0 Å². The summed E-state index contributed by atoms with van der Waals surface area (Å²) >= 11 is 0. The summed E-state index contributed by atoms with van der Waals surface area (Å²) in [7, 11) is 0. The highest BCUT2D eigenvalue weighted by atomic mass is 16.5. The van der Waals surface area contributed by atoms with Gasteiger partial charge in [-0.3, -0.25) is 4.99 Å². The Balaban J connectivity index is 1.62. The molecule has 2 aliphatic rings. The number of benzene rings is 1. The largest absolute Gasteiger partial charge is 0.381 e. The molecule has 5 nitrogen and oxygen atoms in total. The van der Waals surface area contributed by atoms with Crippen LogP contribution in [0.3, 0.4) is 0 Å². The quantitative estimate of drug-likeness (QED) is 0.642. The molecule has 2 fully saturated rings. The van der Waals surface area contributed by atoms with Gasteiger partial charge in [-0.2, -0.15) is 0 Å². The third-order valence-corrected chi connectivity index (χ3v) is 4.92. The minimum Gasteiger partial charge on any atom is -0.381 e. The Morgan fingerprint density at radius 3 is 2.70 bits per heavy atom. The summed E-state index contributed by atoms with van der Waals surface area (Å²) in [6.45, 7) is 3.88. The van der Waals surface area contributed by atoms with Gasteiger partial charge in [0, 0.05) is 31.8 Å². The van der Waals surface area contributed by atoms with E-state index >= 15 is 0 Å². The van der Waals surface area contributed by atoms with Gasteiger partial charge in [0.05, 0.1) is 12.6 Å². The molecule has 0 bridgehead atoms. The molecular weight excluding hydrogens is 290 g/mol. The summed E-state index contributed by atoms with van der Waals surface area (Å²) < 4.78 is 11.2. The maximum Gasteiger partial charge on any atom is 0.188 e. The Morgan fingerprint density at radius 2 is 2.00 bits per heavy atom. The summed E-state index contributed by atoms with van der Waals surface area (Å²) in [6.07, 6.45) is 4.49. The molecule has 2 aliphatic heterocycles. The molecular formula is C18H27N3O2. The fraction of sp³-hybridized carbons (Fsp3) is 0.611. The Kier molecular flexibility index (Phi) is 5.51. The van der Waals surface area contributed by atoms with Crippen LogP contribution in [0, 0.1) is 0 Å². The fourth-order valence-electron chi connectivity index (χ4n) is 3.41. The molecule has 0 amide bonds. The van der Waals surface area contributed by atoms with Crippen molar-refractivity contribution in [2.75, 3.05) is 32.9 Å². The van der Waals surface area contributed by atoms with Crippen LogP contribution in [0.4, 0.5) is 0 Å². The van der Waals surface area contributed by atoms with Crippen LogP contribution in [0.1, 0.15) is 31.2 Å². The first kappa shape index (κ1) is 16.3. The average Bonchev–Trinajstić information content (AvgIpc) is 3.13. The smallest absolute Gasteiger partial charge is 0.188 e. The van der Waals surface area contributed by atoms with E-state index in [0.717, 1.165) is 52.0 Å². The minimum atomic E-state index is 0.0374. The average molecular weight is 317 g/mol. The first-order chi connectivity index (χ1) is 11.3. The van der Waals surface area contributed by atoms with E-state index in [4.69, 9.17) is 15.2 Å². The highest BCUT2D eigenvalue weighted by molar-refractivity contribution is 5.77. The number of nitrogens with zero attached hydrogens (tertiary/aromatic N) is 1. The summed E-state index contributed by atoms with van der Waals surface area (Å²) in [5.41, 5.74) is 7.43. The van der Waals surface area contributed by atoms with Gasteiger partial charge in [0.2, 0.25) is 0 Å². The van der Waals surface area contributed by atoms with E-state index in [0.29, 0.717) is 12.5 Å². The van der Waals surface area contributed by atoms with Crippen molar-refractivity contribution in [1.29, 1.82) is 0 Å². The van der Waals surface area contributed by atoms with Crippen molar-refractivity contribution in [2.45, 2.75) is 37.2 Å². The molecule has 1 atom stereocenters. The van der Waals surface area contributed by atoms with Crippen molar-refractivity contribution in [2.24, 2.45) is 10.7 Å². The lowest BCUT2D eigenvalue weighted by Crippen LogP contribution is -2.41. The van der Waals surface area contributed by atoms with E-state index in [1.807, 2.05) is 0 Å². The SMILES string of the molecule is NC(=NCC1(c2ccccc2)CCOCC1)NCC1CCCO1. The first-order valence-corrected chi connectivity index (χ1v) is 8.57. The topological polar surface area (TPSA) is 68.9 Å². The lowest BCUT2D eigenvalue weighted by Gasteiger charge is -2.36. The van der Waals surface area contributed by atoms with Gasteiger partial charge in [-0.25, -0.2) is 0 Å². The number of guanidine groups is 1. The Morgan fingerprint density at radius 1 is 1.22 bits per heavy atom. The molecule has 2 saturated heterocycles. The Hall–Kier alpha value is -1.59. The van der Waals surface area contributed by atoms with Crippen LogP contribution in [0.25, 0.3) is 0 Å². The second-order valence-corrected chi connectivity index (χ2v) is 6.48. The predicted molar refractivity (Wildman–Crippen MR) is 91.6 cm³/mol. The molecule has 3 N–H and O–H groups in total. The zero-order valence-corrected chi connectivity index (χ0v) is 13.7. The van der Waals surface area contributed by atoms with Crippen molar-refractivity contribution in [3.63, 3.8) is 0 Å². The van der Waals surface area contributed by atoms with Crippen LogP contribution in [-0.2, 0) is 14.9 Å². The third-order valence-electron chi connectivity index (χ3n) is 4.92. The molecule has 0 aromatic heterocycles. The van der Waals surface area contributed by atoms with Crippen LogP contribution >= 0.6 is 0 Å². The fourth-order valence-corrected chi connectivity index (χ4v) is 3.41. The Labute approximate surface area is 138 Å². The summed E-state index contributed by atoms with van der Waals surface area (Å²) in [5.74, 6) is 0.516. The standard InChI is InChI=1S/C18H27N3O2/c19-17(20-13-16-7-4-10-23-16)21-14-18(8-11-22-12-9-18)15-5-2-1-3-6-15/h1-3,5-6,16H,4,7-14H2,(H3,19,20,21). The van der Waals surface area contributed by atoms with E-state index in [1.54, 1.807) is 0 Å². The van der Waals surface area contributed by atoms with E-state index in [9.17, 15) is 0 Å². The zero-order valence-electron chi connectivity index (χ0n) is 13.7. The maximum absolute atomic E-state index is 6.06. The lowest BCUT2D eigenvalue weighted by molar-refractivity contribution is 0.0531. The molecule has 2 heterocycles. The molecule has 3 rings (SSSR count). The molecule has 0 spiro atoms. The van der Waals surface area contributed by atoms with Crippen molar-refractivity contribution in [3.8, 4) is 0 Å². The van der Waals surface area contributed by atoms with E-state index in [-0.39, 0.29) is 11.5 Å². The number of nitrogens with one attached hydrogen (secondary N) is 1. The lowest BCUT2D eigenvalue weighted by atomic mass is 9.74. The number of hydrogen-bond acceptors (Lipinski definition) is 3. The molecule has 5 heteroatoms. The summed E-state index contributed by atoms with van der Waals surface area (Å²) in [4.78, 5) is 4.63. The van der Waals surface area contributed by atoms with Crippen molar-refractivity contribution >= 4 is 5.96 Å². The van der Waals surface area contributed by atoms with Crippen molar-refractivity contribution < 1.29 is 9.47 Å². The van der Waals surface area contributed by atoms with Crippen LogP contribution in [0.5, 0.6) is 0 Å². The number of rotatable bonds is 5. The van der Waals surface area contributed by atoms with Gasteiger partial charge in [0.15, 0.2) is 5.96 Å². The van der Waals surface area contributed by atoms with Crippen molar-refractivity contribution in [3.05, 3.63) is 35.9 Å². The van der Waals surface area contributed by atoms with E-state index < -0.39 is 0 Å². The van der Waals surface area contributed by atoms with E-state index in [2.05, 4.69) is 40.6 Å². The second kappa shape index (κ2) is 7.79. The number of aliphatic imine (C=N–C) groups is 1. The van der Waals surface area contributed by atoms with Gasteiger partial charge in [0.1, 0.15) is 0 Å². The second-order valence-electron chi connectivity index (χ2n) is 6.48. The summed E-state index contributed by atoms with van der Waals surface area (Å²) in [5, 5.41) is 3.20. The molecule has 0 radical (unpaired) electrons. The van der Waals surface area contributed by atoms with Crippen LogP contribution < -0.4 is 11.1 Å². The minimum absolute atomic E-state index is 0.0374. The molecule has 1 aromatic rings. The number of nitrogens with two attached hydrogens (primary N) is 1. The maximum atomic E-state index is 6.06. The molecule has 126 valence electrons. The van der Waals surface area contributed by atoms with Crippen molar-refractivity contribution in [1.82, 2.24) is 5.32 Å². The van der Waals surface area contributed by atoms with Gasteiger partial charge < -0.3 is 20.5 Å². The van der Waals surface area contributed by atoms with Crippen LogP contribution in [0.15, 0.2) is 35.3 Å². The monoisotopic (exact) mass is 317 g/mol. The van der Waals surface area contributed by atoms with Gasteiger partial charge in [-0.05, 0) is 31.2 Å². The summed E-state index contributed by atoms with van der Waals surface area (Å²) in [6, 6.07) is 10.6. The van der Waals surface area contributed by atoms with Gasteiger partial charge in [-0.1, -0.05) is 30.3 Å². The van der Waals surface area contributed by atoms with Crippen LogP contribution in [0.2, 0.25) is 0 Å². The molecule has 1 unspecified atom stereocenters. The zero-order chi connectivity index (χ0) is 16.0. The third kappa shape index (κ3) is 4.24.